The molecule has 2 rings (SSSR count). The Morgan fingerprint density at radius 2 is 1.74 bits per heavy atom. The van der Waals surface area contributed by atoms with Crippen molar-refractivity contribution in [1.29, 1.82) is 0 Å². The number of hydrogen-bond donors (Lipinski definition) is 1. The second kappa shape index (κ2) is 6.14. The molecule has 0 bridgehead atoms. The highest BCUT2D eigenvalue weighted by atomic mass is 32.2. The minimum Gasteiger partial charge on any atom is -0.330 e. The maximum Gasteiger partial charge on any atom is 0.244 e. The Morgan fingerprint density at radius 1 is 1.17 bits per heavy atom. The summed E-state index contributed by atoms with van der Waals surface area (Å²) in [5.74, 6) is 0. The third kappa shape index (κ3) is 3.29. The lowest BCUT2D eigenvalue weighted by molar-refractivity contribution is 0.349. The van der Waals surface area contributed by atoms with Crippen LogP contribution in [-0.4, -0.2) is 59.2 Å². The third-order valence-corrected chi connectivity index (χ3v) is 8.15. The number of sulfonamides is 2. The van der Waals surface area contributed by atoms with Crippen LogP contribution in [0.5, 0.6) is 0 Å². The molecule has 1 saturated heterocycles. The van der Waals surface area contributed by atoms with Crippen molar-refractivity contribution in [3.63, 3.8) is 0 Å². The highest BCUT2D eigenvalue weighted by molar-refractivity contribution is 7.92. The molecular weight excluding hydrogens is 338 g/mol. The zero-order valence-corrected chi connectivity index (χ0v) is 15.2. The summed E-state index contributed by atoms with van der Waals surface area (Å²) in [5, 5.41) is 0. The van der Waals surface area contributed by atoms with Gasteiger partial charge in [-0.05, 0) is 30.5 Å². The van der Waals surface area contributed by atoms with E-state index >= 15 is 0 Å². The fraction of sp³-hybridized carbons (Fsp3) is 0.571. The smallest absolute Gasteiger partial charge is 0.244 e. The molecule has 1 aromatic carbocycles. The summed E-state index contributed by atoms with van der Waals surface area (Å²) in [4.78, 5) is -0.388. The van der Waals surface area contributed by atoms with Crippen molar-refractivity contribution in [1.82, 2.24) is 8.61 Å². The van der Waals surface area contributed by atoms with Gasteiger partial charge in [-0.15, -0.1) is 0 Å². The summed E-state index contributed by atoms with van der Waals surface area (Å²) >= 11 is 0. The number of hydrogen-bond acceptors (Lipinski definition) is 5. The van der Waals surface area contributed by atoms with Gasteiger partial charge in [-0.3, -0.25) is 0 Å². The van der Waals surface area contributed by atoms with Crippen LogP contribution in [0, 0.1) is 5.41 Å². The predicted octanol–water partition coefficient (Wildman–Crippen LogP) is 0.296. The van der Waals surface area contributed by atoms with Gasteiger partial charge in [0.25, 0.3) is 0 Å². The fourth-order valence-electron chi connectivity index (χ4n) is 2.56. The predicted molar refractivity (Wildman–Crippen MR) is 87.9 cm³/mol. The van der Waals surface area contributed by atoms with E-state index in [0.717, 1.165) is 4.31 Å². The zero-order chi connectivity index (χ0) is 17.5. The van der Waals surface area contributed by atoms with Gasteiger partial charge in [0, 0.05) is 27.2 Å². The first-order chi connectivity index (χ1) is 10.5. The van der Waals surface area contributed by atoms with Crippen molar-refractivity contribution >= 4 is 20.0 Å². The highest BCUT2D eigenvalue weighted by Gasteiger charge is 2.40. The molecule has 1 aliphatic heterocycles. The van der Waals surface area contributed by atoms with Gasteiger partial charge in [-0.25, -0.2) is 21.1 Å². The van der Waals surface area contributed by atoms with Crippen molar-refractivity contribution < 1.29 is 16.8 Å². The fourth-order valence-corrected chi connectivity index (χ4v) is 5.82. The summed E-state index contributed by atoms with van der Waals surface area (Å²) in [7, 11) is -5.00. The van der Waals surface area contributed by atoms with Gasteiger partial charge in [-0.1, -0.05) is 19.1 Å². The molecule has 1 fully saturated rings. The molecule has 130 valence electrons. The Bertz CT molecular complexity index is 790. The van der Waals surface area contributed by atoms with E-state index in [1.807, 2.05) is 6.92 Å². The maximum absolute atomic E-state index is 12.9. The van der Waals surface area contributed by atoms with Crippen LogP contribution in [0.15, 0.2) is 34.1 Å². The summed E-state index contributed by atoms with van der Waals surface area (Å²) in [6, 6.07) is 5.70. The summed E-state index contributed by atoms with van der Waals surface area (Å²) in [6.45, 7) is 2.95. The van der Waals surface area contributed by atoms with Crippen LogP contribution in [0.4, 0.5) is 0 Å². The van der Waals surface area contributed by atoms with Gasteiger partial charge in [0.1, 0.15) is 9.79 Å². The molecule has 2 N–H and O–H groups in total. The molecule has 0 radical (unpaired) electrons. The quantitative estimate of drug-likeness (QED) is 0.813. The SMILES string of the molecule is CN(C)S(=O)(=O)c1ccccc1S(=O)(=O)N1CCC(C)(CN)C1. The van der Waals surface area contributed by atoms with E-state index in [9.17, 15) is 16.8 Å². The molecule has 7 nitrogen and oxygen atoms in total. The van der Waals surface area contributed by atoms with Crippen LogP contribution >= 0.6 is 0 Å². The van der Waals surface area contributed by atoms with E-state index in [1.54, 1.807) is 0 Å². The number of nitrogens with zero attached hydrogens (tertiary/aromatic N) is 2. The number of nitrogens with two attached hydrogens (primary N) is 1. The lowest BCUT2D eigenvalue weighted by atomic mass is 9.90. The van der Waals surface area contributed by atoms with Crippen molar-refractivity contribution in [3.05, 3.63) is 24.3 Å². The topological polar surface area (TPSA) is 101 Å². The van der Waals surface area contributed by atoms with E-state index in [4.69, 9.17) is 5.73 Å². The van der Waals surface area contributed by atoms with E-state index in [-0.39, 0.29) is 15.2 Å². The Morgan fingerprint density at radius 3 is 2.22 bits per heavy atom. The van der Waals surface area contributed by atoms with Gasteiger partial charge in [0.2, 0.25) is 20.0 Å². The minimum atomic E-state index is -3.90. The lowest BCUT2D eigenvalue weighted by Crippen LogP contribution is -2.35. The minimum absolute atomic E-state index is 0.185. The van der Waals surface area contributed by atoms with Gasteiger partial charge < -0.3 is 5.73 Å². The molecule has 1 heterocycles. The molecule has 0 saturated carbocycles. The monoisotopic (exact) mass is 361 g/mol. The average Bonchev–Trinajstić information content (AvgIpc) is 2.91. The van der Waals surface area contributed by atoms with Crippen LogP contribution in [0.2, 0.25) is 0 Å². The number of rotatable bonds is 5. The summed E-state index contributed by atoms with van der Waals surface area (Å²) < 4.78 is 53.0. The Labute approximate surface area is 138 Å². The number of benzene rings is 1. The second-order valence-corrected chi connectivity index (χ2v) is 10.4. The molecule has 1 atom stereocenters. The van der Waals surface area contributed by atoms with Gasteiger partial charge in [-0.2, -0.15) is 4.31 Å². The van der Waals surface area contributed by atoms with Crippen LogP contribution < -0.4 is 5.73 Å². The van der Waals surface area contributed by atoms with Crippen LogP contribution in [-0.2, 0) is 20.0 Å². The largest absolute Gasteiger partial charge is 0.330 e. The molecule has 1 aromatic rings. The molecule has 0 amide bonds. The first-order valence-electron chi connectivity index (χ1n) is 7.26. The van der Waals surface area contributed by atoms with E-state index in [0.29, 0.717) is 26.1 Å². The van der Waals surface area contributed by atoms with Crippen molar-refractivity contribution in [3.8, 4) is 0 Å². The summed E-state index contributed by atoms with van der Waals surface area (Å²) in [5.41, 5.74) is 5.45. The Kier molecular flexibility index (Phi) is 4.89. The highest BCUT2D eigenvalue weighted by Crippen LogP contribution is 2.34. The lowest BCUT2D eigenvalue weighted by Gasteiger charge is -2.23. The molecule has 0 spiro atoms. The second-order valence-electron chi connectivity index (χ2n) is 6.34. The third-order valence-electron chi connectivity index (χ3n) is 4.24. The van der Waals surface area contributed by atoms with Crippen molar-refractivity contribution in [2.75, 3.05) is 33.7 Å². The Balaban J connectivity index is 2.51. The van der Waals surface area contributed by atoms with Crippen LogP contribution in [0.3, 0.4) is 0 Å². The molecule has 9 heteroatoms. The molecule has 0 aliphatic carbocycles. The van der Waals surface area contributed by atoms with Crippen molar-refractivity contribution in [2.45, 2.75) is 23.1 Å². The van der Waals surface area contributed by atoms with E-state index < -0.39 is 20.0 Å². The first-order valence-corrected chi connectivity index (χ1v) is 10.1. The molecule has 0 aromatic heterocycles. The normalized spacial score (nSPS) is 23.5. The van der Waals surface area contributed by atoms with E-state index in [2.05, 4.69) is 0 Å². The molecule has 23 heavy (non-hydrogen) atoms. The molecule has 1 aliphatic rings. The van der Waals surface area contributed by atoms with Gasteiger partial charge >= 0.3 is 0 Å². The molecule has 1 unspecified atom stereocenters. The average molecular weight is 361 g/mol. The van der Waals surface area contributed by atoms with Crippen molar-refractivity contribution in [2.24, 2.45) is 11.1 Å². The first kappa shape index (κ1) is 18.3. The Hall–Kier alpha value is -1.00. The van der Waals surface area contributed by atoms with Gasteiger partial charge in [0.05, 0.1) is 0 Å². The summed E-state index contributed by atoms with van der Waals surface area (Å²) in [6.07, 6.45) is 0.658. The zero-order valence-electron chi connectivity index (χ0n) is 13.6. The van der Waals surface area contributed by atoms with E-state index in [1.165, 1.54) is 42.7 Å². The van der Waals surface area contributed by atoms with Gasteiger partial charge in [0.15, 0.2) is 0 Å². The van der Waals surface area contributed by atoms with Crippen LogP contribution in [0.25, 0.3) is 0 Å². The maximum atomic E-state index is 12.9. The standard InChI is InChI=1S/C14H23N3O4S2/c1-14(10-15)8-9-17(11-14)23(20,21)13-7-5-4-6-12(13)22(18,19)16(2)3/h4-7H,8-11,15H2,1-3H3. The molecular formula is C14H23N3O4S2. The van der Waals surface area contributed by atoms with Crippen LogP contribution in [0.1, 0.15) is 13.3 Å².